The van der Waals surface area contributed by atoms with Crippen molar-refractivity contribution in [3.8, 4) is 0 Å². The van der Waals surface area contributed by atoms with Gasteiger partial charge in [0.1, 0.15) is 5.78 Å². The summed E-state index contributed by atoms with van der Waals surface area (Å²) >= 11 is 0. The van der Waals surface area contributed by atoms with Gasteiger partial charge in [0.2, 0.25) is 0 Å². The highest BCUT2D eigenvalue weighted by atomic mass is 16.1. The smallest absolute Gasteiger partial charge is 0.133 e. The summed E-state index contributed by atoms with van der Waals surface area (Å²) in [5.41, 5.74) is 0. The number of carbonyl (C=O) groups excluding carboxylic acids is 1. The Morgan fingerprint density at radius 2 is 2.42 bits per heavy atom. The predicted octanol–water partition coefficient (Wildman–Crippen LogP) is 2.96. The van der Waals surface area contributed by atoms with Gasteiger partial charge in [0.15, 0.2) is 0 Å². The van der Waals surface area contributed by atoms with Crippen molar-refractivity contribution in [1.29, 1.82) is 0 Å². The van der Waals surface area contributed by atoms with E-state index in [0.29, 0.717) is 11.7 Å². The van der Waals surface area contributed by atoms with E-state index in [2.05, 4.69) is 13.5 Å². The van der Waals surface area contributed by atoms with Gasteiger partial charge in [-0.3, -0.25) is 4.79 Å². The molecule has 0 heterocycles. The molecule has 1 fully saturated rings. The lowest BCUT2D eigenvalue weighted by Gasteiger charge is -2.27. The van der Waals surface area contributed by atoms with E-state index >= 15 is 0 Å². The zero-order valence-corrected chi connectivity index (χ0v) is 7.88. The Morgan fingerprint density at radius 3 is 3.00 bits per heavy atom. The van der Waals surface area contributed by atoms with Crippen molar-refractivity contribution in [3.63, 3.8) is 0 Å². The molecule has 12 heavy (non-hydrogen) atoms. The summed E-state index contributed by atoms with van der Waals surface area (Å²) in [6.45, 7) is 5.92. The molecule has 2 unspecified atom stereocenters. The van der Waals surface area contributed by atoms with E-state index < -0.39 is 0 Å². The molecule has 1 heteroatoms. The molecule has 1 aliphatic carbocycles. The number of ketones is 1. The third kappa shape index (κ3) is 2.47. The van der Waals surface area contributed by atoms with E-state index in [9.17, 15) is 4.79 Å². The van der Waals surface area contributed by atoms with Crippen LogP contribution in [0.15, 0.2) is 12.7 Å². The second kappa shape index (κ2) is 4.44. The molecule has 68 valence electrons. The van der Waals surface area contributed by atoms with E-state index in [4.69, 9.17) is 0 Å². The fraction of sp³-hybridized carbons (Fsp3) is 0.727. The van der Waals surface area contributed by atoms with Gasteiger partial charge in [0.25, 0.3) is 0 Å². The van der Waals surface area contributed by atoms with Crippen molar-refractivity contribution >= 4 is 5.78 Å². The van der Waals surface area contributed by atoms with Gasteiger partial charge in [-0.15, -0.1) is 6.58 Å². The minimum atomic E-state index is 0.456. The maximum atomic E-state index is 11.1. The maximum absolute atomic E-state index is 11.1. The number of Topliss-reactive ketones (excluding diaryl/α,β-unsaturated/α-hetero) is 1. The average Bonchev–Trinajstić information content (AvgIpc) is 2.03. The van der Waals surface area contributed by atoms with E-state index in [1.54, 1.807) is 0 Å². The SMILES string of the molecule is C=CCCC1CCC(=O)CC1C. The third-order valence-electron chi connectivity index (χ3n) is 2.89. The molecule has 0 aromatic rings. The van der Waals surface area contributed by atoms with Crippen LogP contribution in [0.5, 0.6) is 0 Å². The molecule has 1 nitrogen and oxygen atoms in total. The first-order chi connectivity index (χ1) is 5.74. The van der Waals surface area contributed by atoms with Crippen LogP contribution in [0.2, 0.25) is 0 Å². The summed E-state index contributed by atoms with van der Waals surface area (Å²) < 4.78 is 0. The lowest BCUT2D eigenvalue weighted by Crippen LogP contribution is -2.22. The summed E-state index contributed by atoms with van der Waals surface area (Å²) in [6, 6.07) is 0. The van der Waals surface area contributed by atoms with Gasteiger partial charge < -0.3 is 0 Å². The van der Waals surface area contributed by atoms with E-state index in [-0.39, 0.29) is 0 Å². The highest BCUT2D eigenvalue weighted by Crippen LogP contribution is 2.30. The van der Waals surface area contributed by atoms with Gasteiger partial charge in [-0.1, -0.05) is 13.0 Å². The highest BCUT2D eigenvalue weighted by Gasteiger charge is 2.24. The lowest BCUT2D eigenvalue weighted by molar-refractivity contribution is -0.122. The van der Waals surface area contributed by atoms with Crippen LogP contribution in [0.1, 0.15) is 39.0 Å². The molecule has 0 N–H and O–H groups in total. The molecular formula is C11H18O. The van der Waals surface area contributed by atoms with Crippen molar-refractivity contribution in [1.82, 2.24) is 0 Å². The fourth-order valence-electron chi connectivity index (χ4n) is 2.02. The number of hydrogen-bond acceptors (Lipinski definition) is 1. The molecular weight excluding hydrogens is 148 g/mol. The van der Waals surface area contributed by atoms with E-state index in [1.807, 2.05) is 6.08 Å². The summed E-state index contributed by atoms with van der Waals surface area (Å²) in [6.07, 6.45) is 7.02. The van der Waals surface area contributed by atoms with Gasteiger partial charge in [-0.2, -0.15) is 0 Å². The molecule has 0 radical (unpaired) electrons. The largest absolute Gasteiger partial charge is 0.300 e. The Bertz CT molecular complexity index is 170. The summed E-state index contributed by atoms with van der Waals surface area (Å²) in [5, 5.41) is 0. The first-order valence-electron chi connectivity index (χ1n) is 4.86. The lowest BCUT2D eigenvalue weighted by atomic mass is 9.77. The number of rotatable bonds is 3. The van der Waals surface area contributed by atoms with Crippen LogP contribution in [-0.2, 0) is 4.79 Å². The Balaban J connectivity index is 2.34. The molecule has 1 rings (SSSR count). The summed E-state index contributed by atoms with van der Waals surface area (Å²) in [7, 11) is 0. The van der Waals surface area contributed by atoms with Crippen LogP contribution < -0.4 is 0 Å². The molecule has 0 spiro atoms. The quantitative estimate of drug-likeness (QED) is 0.589. The minimum absolute atomic E-state index is 0.456. The molecule has 0 aliphatic heterocycles. The van der Waals surface area contributed by atoms with Crippen molar-refractivity contribution in [2.24, 2.45) is 11.8 Å². The Labute approximate surface area is 74.9 Å². The molecule has 0 amide bonds. The highest BCUT2D eigenvalue weighted by molar-refractivity contribution is 5.79. The van der Waals surface area contributed by atoms with Gasteiger partial charge in [-0.05, 0) is 31.1 Å². The molecule has 2 atom stereocenters. The molecule has 0 saturated heterocycles. The molecule has 1 saturated carbocycles. The molecule has 0 aromatic heterocycles. The normalized spacial score (nSPS) is 30.2. The second-order valence-electron chi connectivity index (χ2n) is 3.88. The van der Waals surface area contributed by atoms with Crippen LogP contribution in [0, 0.1) is 11.8 Å². The monoisotopic (exact) mass is 166 g/mol. The van der Waals surface area contributed by atoms with Crippen LogP contribution in [0.4, 0.5) is 0 Å². The van der Waals surface area contributed by atoms with Gasteiger partial charge in [0.05, 0.1) is 0 Å². The second-order valence-corrected chi connectivity index (χ2v) is 3.88. The topological polar surface area (TPSA) is 17.1 Å². The van der Waals surface area contributed by atoms with Crippen molar-refractivity contribution in [2.75, 3.05) is 0 Å². The standard InChI is InChI=1S/C11H18O/c1-3-4-5-10-6-7-11(12)8-9(10)2/h3,9-10H,1,4-8H2,2H3. The Kier molecular flexibility index (Phi) is 3.51. The third-order valence-corrected chi connectivity index (χ3v) is 2.89. The van der Waals surface area contributed by atoms with E-state index in [0.717, 1.165) is 31.6 Å². The summed E-state index contributed by atoms with van der Waals surface area (Å²) in [5.74, 6) is 1.82. The minimum Gasteiger partial charge on any atom is -0.300 e. The zero-order chi connectivity index (χ0) is 8.97. The number of hydrogen-bond donors (Lipinski definition) is 0. The van der Waals surface area contributed by atoms with Crippen molar-refractivity contribution in [3.05, 3.63) is 12.7 Å². The van der Waals surface area contributed by atoms with Crippen LogP contribution in [0.25, 0.3) is 0 Å². The van der Waals surface area contributed by atoms with Crippen LogP contribution in [0.3, 0.4) is 0 Å². The van der Waals surface area contributed by atoms with Gasteiger partial charge >= 0.3 is 0 Å². The van der Waals surface area contributed by atoms with Crippen molar-refractivity contribution in [2.45, 2.75) is 39.0 Å². The average molecular weight is 166 g/mol. The number of allylic oxidation sites excluding steroid dienone is 1. The molecule has 0 aromatic carbocycles. The molecule has 1 aliphatic rings. The first-order valence-corrected chi connectivity index (χ1v) is 4.86. The zero-order valence-electron chi connectivity index (χ0n) is 7.88. The number of carbonyl (C=O) groups is 1. The first kappa shape index (κ1) is 9.50. The van der Waals surface area contributed by atoms with Gasteiger partial charge in [0, 0.05) is 12.8 Å². The molecule has 0 bridgehead atoms. The van der Waals surface area contributed by atoms with E-state index in [1.165, 1.54) is 6.42 Å². The van der Waals surface area contributed by atoms with Crippen LogP contribution in [-0.4, -0.2) is 5.78 Å². The maximum Gasteiger partial charge on any atom is 0.133 e. The van der Waals surface area contributed by atoms with Gasteiger partial charge in [-0.25, -0.2) is 0 Å². The Hall–Kier alpha value is -0.590. The van der Waals surface area contributed by atoms with Crippen LogP contribution >= 0.6 is 0 Å². The summed E-state index contributed by atoms with van der Waals surface area (Å²) in [4.78, 5) is 11.1. The van der Waals surface area contributed by atoms with Crippen molar-refractivity contribution < 1.29 is 4.79 Å². The Morgan fingerprint density at radius 1 is 1.67 bits per heavy atom. The fourth-order valence-corrected chi connectivity index (χ4v) is 2.02. The predicted molar refractivity (Wildman–Crippen MR) is 50.9 cm³/mol.